The van der Waals surface area contributed by atoms with Crippen molar-refractivity contribution in [2.75, 3.05) is 46.8 Å². The Morgan fingerprint density at radius 3 is 1.88 bits per heavy atom. The van der Waals surface area contributed by atoms with E-state index in [9.17, 15) is 9.59 Å². The molecule has 2 N–H and O–H groups in total. The monoisotopic (exact) mass is 453 g/mol. The molecule has 1 fully saturated rings. The number of benzene rings is 2. The van der Waals surface area contributed by atoms with Crippen LogP contribution >= 0.6 is 0 Å². The molecular weight excluding hydrogens is 418 g/mol. The zero-order valence-corrected chi connectivity index (χ0v) is 19.5. The van der Waals surface area contributed by atoms with Crippen molar-refractivity contribution in [3.63, 3.8) is 0 Å². The number of hydrogen-bond acceptors (Lipinski definition) is 5. The van der Waals surface area contributed by atoms with E-state index < -0.39 is 11.9 Å². The molecule has 2 aromatic carbocycles. The van der Waals surface area contributed by atoms with Gasteiger partial charge in [0.1, 0.15) is 0 Å². The number of carboxylic acids is 2. The Bertz CT molecular complexity index is 848. The molecule has 7 heteroatoms. The molecule has 1 saturated heterocycles. The fraction of sp³-hybridized carbons (Fsp3) is 0.385. The molecule has 33 heavy (non-hydrogen) atoms. The fourth-order valence-electron chi connectivity index (χ4n) is 3.83. The van der Waals surface area contributed by atoms with Gasteiger partial charge in [-0.05, 0) is 38.2 Å². The molecule has 0 amide bonds. The molecule has 0 radical (unpaired) electrons. The first kappa shape index (κ1) is 26.3. The predicted octanol–water partition coefficient (Wildman–Crippen LogP) is 3.21. The molecule has 2 aromatic rings. The summed E-state index contributed by atoms with van der Waals surface area (Å²) >= 11 is 0. The third-order valence-electron chi connectivity index (χ3n) is 5.50. The fourth-order valence-corrected chi connectivity index (χ4v) is 3.83. The van der Waals surface area contributed by atoms with E-state index in [0.717, 1.165) is 39.3 Å². The lowest BCUT2D eigenvalue weighted by molar-refractivity contribution is -0.134. The highest BCUT2D eigenvalue weighted by Gasteiger charge is 2.25. The Labute approximate surface area is 196 Å². The van der Waals surface area contributed by atoms with Gasteiger partial charge in [-0.15, -0.1) is 0 Å². The van der Waals surface area contributed by atoms with Gasteiger partial charge >= 0.3 is 11.9 Å². The third kappa shape index (κ3) is 10.4. The van der Waals surface area contributed by atoms with Crippen LogP contribution in [0.25, 0.3) is 0 Å². The number of carbonyl (C=O) groups is 2. The third-order valence-corrected chi connectivity index (χ3v) is 5.50. The maximum atomic E-state index is 9.55. The number of piperazine rings is 1. The van der Waals surface area contributed by atoms with E-state index in [2.05, 4.69) is 89.5 Å². The quantitative estimate of drug-likeness (QED) is 0.564. The second kappa shape index (κ2) is 14.2. The number of hydrogen-bond donors (Lipinski definition) is 2. The Morgan fingerprint density at radius 2 is 1.39 bits per heavy atom. The summed E-state index contributed by atoms with van der Waals surface area (Å²) in [4.78, 5) is 26.7. The van der Waals surface area contributed by atoms with Crippen LogP contribution in [0.5, 0.6) is 0 Å². The van der Waals surface area contributed by atoms with Gasteiger partial charge < -0.3 is 15.1 Å². The van der Waals surface area contributed by atoms with E-state index in [0.29, 0.717) is 18.2 Å². The summed E-state index contributed by atoms with van der Waals surface area (Å²) in [5, 5.41) is 15.6. The van der Waals surface area contributed by atoms with Crippen molar-refractivity contribution in [2.45, 2.75) is 19.0 Å². The van der Waals surface area contributed by atoms with Gasteiger partial charge in [0, 0.05) is 50.9 Å². The van der Waals surface area contributed by atoms with Gasteiger partial charge in [-0.2, -0.15) is 0 Å². The largest absolute Gasteiger partial charge is 0.478 e. The molecular formula is C26H35N3O4. The second-order valence-corrected chi connectivity index (χ2v) is 8.33. The van der Waals surface area contributed by atoms with Crippen molar-refractivity contribution in [3.05, 3.63) is 83.9 Å². The average molecular weight is 454 g/mol. The lowest BCUT2D eigenvalue weighted by Crippen LogP contribution is -2.47. The minimum atomic E-state index is -1.26. The van der Waals surface area contributed by atoms with E-state index in [-0.39, 0.29) is 0 Å². The summed E-state index contributed by atoms with van der Waals surface area (Å²) in [6.07, 6.45) is 2.31. The van der Waals surface area contributed by atoms with Gasteiger partial charge in [0.2, 0.25) is 0 Å². The second-order valence-electron chi connectivity index (χ2n) is 8.33. The van der Waals surface area contributed by atoms with Gasteiger partial charge in [0.05, 0.1) is 0 Å². The summed E-state index contributed by atoms with van der Waals surface area (Å²) < 4.78 is 0. The number of carboxylic acid groups (broad SMARTS) is 2. The highest BCUT2D eigenvalue weighted by molar-refractivity contribution is 5.89. The van der Waals surface area contributed by atoms with E-state index >= 15 is 0 Å². The van der Waals surface area contributed by atoms with Gasteiger partial charge in [0.25, 0.3) is 0 Å². The highest BCUT2D eigenvalue weighted by Crippen LogP contribution is 2.26. The van der Waals surface area contributed by atoms with Crippen molar-refractivity contribution in [1.29, 1.82) is 0 Å². The normalized spacial score (nSPS) is 15.7. The number of rotatable bonds is 9. The summed E-state index contributed by atoms with van der Waals surface area (Å²) in [5.41, 5.74) is 2.88. The Kier molecular flexibility index (Phi) is 11.3. The van der Waals surface area contributed by atoms with Crippen LogP contribution in [0.3, 0.4) is 0 Å². The van der Waals surface area contributed by atoms with Crippen molar-refractivity contribution < 1.29 is 19.8 Å². The maximum Gasteiger partial charge on any atom is 0.328 e. The van der Waals surface area contributed by atoms with Gasteiger partial charge in [-0.1, -0.05) is 60.7 Å². The first-order valence-corrected chi connectivity index (χ1v) is 11.2. The Morgan fingerprint density at radius 1 is 0.879 bits per heavy atom. The first-order valence-electron chi connectivity index (χ1n) is 11.2. The van der Waals surface area contributed by atoms with Crippen LogP contribution in [0.4, 0.5) is 0 Å². The van der Waals surface area contributed by atoms with Crippen LogP contribution in [-0.2, 0) is 16.1 Å². The van der Waals surface area contributed by atoms with E-state index in [1.807, 2.05) is 0 Å². The molecule has 0 aliphatic carbocycles. The minimum Gasteiger partial charge on any atom is -0.478 e. The van der Waals surface area contributed by atoms with Crippen molar-refractivity contribution in [3.8, 4) is 0 Å². The molecule has 0 aromatic heterocycles. The standard InChI is InChI=1S/C22H31N3.C4H4O4/c1-23(2)14-13-22(21-11-7-4-8-12-21)25-17-15-24(16-18-25)19-20-9-5-3-6-10-20;5-3(6)1-2-4(7)8/h3-12,22H,13-19H2,1-2H3;1-2H,(H,5,6)(H,7,8)/b;2-1-. The van der Waals surface area contributed by atoms with Crippen molar-refractivity contribution in [1.82, 2.24) is 14.7 Å². The molecule has 0 bridgehead atoms. The lowest BCUT2D eigenvalue weighted by atomic mass is 10.0. The molecule has 1 heterocycles. The van der Waals surface area contributed by atoms with E-state index in [1.165, 1.54) is 17.5 Å². The Hall–Kier alpha value is -3.00. The first-order chi connectivity index (χ1) is 15.8. The molecule has 1 atom stereocenters. The van der Waals surface area contributed by atoms with E-state index in [4.69, 9.17) is 10.2 Å². The van der Waals surface area contributed by atoms with E-state index in [1.54, 1.807) is 0 Å². The topological polar surface area (TPSA) is 84.3 Å². The summed E-state index contributed by atoms with van der Waals surface area (Å²) in [6, 6.07) is 22.4. The van der Waals surface area contributed by atoms with Crippen molar-refractivity contribution in [2.24, 2.45) is 0 Å². The molecule has 1 unspecified atom stereocenters. The molecule has 1 aliphatic heterocycles. The SMILES string of the molecule is CN(C)CCC(c1ccccc1)N1CCN(Cc2ccccc2)CC1.O=C(O)/C=C\C(=O)O. The summed E-state index contributed by atoms with van der Waals surface area (Å²) in [5.74, 6) is -2.51. The van der Waals surface area contributed by atoms with Gasteiger partial charge in [-0.25, -0.2) is 9.59 Å². The lowest BCUT2D eigenvalue weighted by Gasteiger charge is -2.40. The van der Waals surface area contributed by atoms with Crippen molar-refractivity contribution >= 4 is 11.9 Å². The van der Waals surface area contributed by atoms with Gasteiger partial charge in [-0.3, -0.25) is 9.80 Å². The molecule has 178 valence electrons. The molecule has 0 saturated carbocycles. The number of nitrogens with zero attached hydrogens (tertiary/aromatic N) is 3. The van der Waals surface area contributed by atoms with Gasteiger partial charge in [0.15, 0.2) is 0 Å². The van der Waals surface area contributed by atoms with Crippen LogP contribution in [0.15, 0.2) is 72.8 Å². The van der Waals surface area contributed by atoms with Crippen LogP contribution in [-0.4, -0.2) is 83.7 Å². The molecule has 3 rings (SSSR count). The van der Waals surface area contributed by atoms with Crippen LogP contribution < -0.4 is 0 Å². The zero-order valence-electron chi connectivity index (χ0n) is 19.5. The summed E-state index contributed by atoms with van der Waals surface area (Å²) in [6.45, 7) is 6.81. The average Bonchev–Trinajstić information content (AvgIpc) is 2.80. The number of aliphatic carboxylic acids is 2. The zero-order chi connectivity index (χ0) is 24.1. The molecule has 0 spiro atoms. The smallest absolute Gasteiger partial charge is 0.328 e. The predicted molar refractivity (Wildman–Crippen MR) is 130 cm³/mol. The van der Waals surface area contributed by atoms with Crippen LogP contribution in [0.1, 0.15) is 23.6 Å². The highest BCUT2D eigenvalue weighted by atomic mass is 16.4. The Balaban J connectivity index is 0.000000414. The molecule has 1 aliphatic rings. The maximum absolute atomic E-state index is 9.55. The van der Waals surface area contributed by atoms with Crippen LogP contribution in [0, 0.1) is 0 Å². The minimum absolute atomic E-state index is 0.530. The molecule has 7 nitrogen and oxygen atoms in total. The summed E-state index contributed by atoms with van der Waals surface area (Å²) in [7, 11) is 4.33. The van der Waals surface area contributed by atoms with Crippen LogP contribution in [0.2, 0.25) is 0 Å².